The zero-order valence-electron chi connectivity index (χ0n) is 13.4. The predicted octanol–water partition coefficient (Wildman–Crippen LogP) is 3.99. The minimum Gasteiger partial charge on any atom is -0.478 e. The van der Waals surface area contributed by atoms with Gasteiger partial charge in [-0.15, -0.1) is 0 Å². The summed E-state index contributed by atoms with van der Waals surface area (Å²) in [4.78, 5) is 15.7. The number of aromatic nitrogens is 1. The van der Waals surface area contributed by atoms with Crippen LogP contribution in [0.25, 0.3) is 10.9 Å². The summed E-state index contributed by atoms with van der Waals surface area (Å²) >= 11 is 4.71. The number of pyridine rings is 1. The van der Waals surface area contributed by atoms with E-state index in [2.05, 4.69) is 6.07 Å². The highest BCUT2D eigenvalue weighted by Gasteiger charge is 2.19. The van der Waals surface area contributed by atoms with E-state index < -0.39 is 5.97 Å². The molecule has 0 amide bonds. The summed E-state index contributed by atoms with van der Waals surface area (Å²) in [6, 6.07) is 12.5. The number of fused-ring (bicyclic) bond motifs is 2. The van der Waals surface area contributed by atoms with Gasteiger partial charge >= 0.3 is 5.97 Å². The first-order chi connectivity index (χ1) is 12.0. The molecule has 1 N–H and O–H groups in total. The quantitative estimate of drug-likeness (QED) is 0.697. The molecule has 6 heteroatoms. The highest BCUT2D eigenvalue weighted by Crippen LogP contribution is 2.37. The van der Waals surface area contributed by atoms with Crippen LogP contribution in [0.15, 0.2) is 42.5 Å². The third-order valence-electron chi connectivity index (χ3n) is 4.27. The molecule has 126 valence electrons. The third-order valence-corrected chi connectivity index (χ3v) is 4.81. The van der Waals surface area contributed by atoms with E-state index >= 15 is 0 Å². The van der Waals surface area contributed by atoms with Gasteiger partial charge in [-0.2, -0.15) is 12.6 Å². The van der Waals surface area contributed by atoms with E-state index in [1.165, 1.54) is 0 Å². The van der Waals surface area contributed by atoms with Gasteiger partial charge in [0.15, 0.2) is 11.5 Å². The number of carbonyl (C=O) groups is 1. The number of ether oxygens (including phenoxy) is 2. The highest BCUT2D eigenvalue weighted by molar-refractivity contribution is 7.80. The van der Waals surface area contributed by atoms with Crippen LogP contribution >= 0.6 is 12.6 Å². The molecule has 2 aromatic carbocycles. The molecule has 1 unspecified atom stereocenters. The van der Waals surface area contributed by atoms with Crippen molar-refractivity contribution in [1.29, 1.82) is 0 Å². The lowest BCUT2D eigenvalue weighted by molar-refractivity contribution is 0.0697. The first-order valence-electron chi connectivity index (χ1n) is 7.75. The molecule has 0 fully saturated rings. The number of thiol groups is 1. The van der Waals surface area contributed by atoms with Crippen molar-refractivity contribution in [3.8, 4) is 11.5 Å². The number of nitrogens with zero attached hydrogens (tertiary/aromatic N) is 1. The molecule has 0 spiro atoms. The zero-order chi connectivity index (χ0) is 17.6. The van der Waals surface area contributed by atoms with Gasteiger partial charge in [0.1, 0.15) is 0 Å². The van der Waals surface area contributed by atoms with Crippen molar-refractivity contribution < 1.29 is 19.4 Å². The van der Waals surface area contributed by atoms with Crippen molar-refractivity contribution in [3.63, 3.8) is 0 Å². The second-order valence-corrected chi connectivity index (χ2v) is 6.43. The molecule has 5 nitrogen and oxygen atoms in total. The smallest absolute Gasteiger partial charge is 0.335 e. The topological polar surface area (TPSA) is 68.7 Å². The first kappa shape index (κ1) is 15.8. The maximum absolute atomic E-state index is 11.0. The van der Waals surface area contributed by atoms with E-state index in [1.807, 2.05) is 19.1 Å². The van der Waals surface area contributed by atoms with Crippen molar-refractivity contribution in [2.75, 3.05) is 6.79 Å². The van der Waals surface area contributed by atoms with Crippen molar-refractivity contribution in [2.45, 2.75) is 12.2 Å². The summed E-state index contributed by atoms with van der Waals surface area (Å²) in [6.07, 6.45) is 0. The van der Waals surface area contributed by atoms with Crippen molar-refractivity contribution in [1.82, 2.24) is 4.98 Å². The average Bonchev–Trinajstić information content (AvgIpc) is 3.06. The molecule has 0 bridgehead atoms. The van der Waals surface area contributed by atoms with Crippen LogP contribution in [0.5, 0.6) is 11.5 Å². The molecule has 1 aliphatic rings. The lowest BCUT2D eigenvalue weighted by Crippen LogP contribution is -2.02. The Morgan fingerprint density at radius 3 is 2.52 bits per heavy atom. The maximum atomic E-state index is 11.0. The van der Waals surface area contributed by atoms with Gasteiger partial charge < -0.3 is 14.6 Å². The van der Waals surface area contributed by atoms with Crippen molar-refractivity contribution in [3.05, 3.63) is 64.8 Å². The minimum atomic E-state index is -0.946. The van der Waals surface area contributed by atoms with Crippen LogP contribution in [-0.2, 0) is 0 Å². The van der Waals surface area contributed by atoms with Crippen molar-refractivity contribution in [2.24, 2.45) is 0 Å². The van der Waals surface area contributed by atoms with Crippen LogP contribution in [0.2, 0.25) is 0 Å². The molecule has 0 saturated carbocycles. The Bertz CT molecular complexity index is 985. The Morgan fingerprint density at radius 1 is 1.16 bits per heavy atom. The molecule has 3 aromatic rings. The number of rotatable bonds is 3. The predicted molar refractivity (Wildman–Crippen MR) is 96.8 cm³/mol. The maximum Gasteiger partial charge on any atom is 0.335 e. The summed E-state index contributed by atoms with van der Waals surface area (Å²) in [5.74, 6) is 0.475. The summed E-state index contributed by atoms with van der Waals surface area (Å²) in [6.45, 7) is 2.21. The van der Waals surface area contributed by atoms with E-state index in [1.54, 1.807) is 24.3 Å². The van der Waals surface area contributed by atoms with Gasteiger partial charge in [0.05, 0.1) is 22.0 Å². The molecular formula is C19H15NO4S. The van der Waals surface area contributed by atoms with E-state index in [-0.39, 0.29) is 17.6 Å². The molecule has 1 aliphatic heterocycles. The number of aromatic carboxylic acids is 1. The van der Waals surface area contributed by atoms with Crippen LogP contribution in [0, 0.1) is 6.92 Å². The van der Waals surface area contributed by atoms with Gasteiger partial charge in [0.2, 0.25) is 6.79 Å². The Labute approximate surface area is 149 Å². The summed E-state index contributed by atoms with van der Waals surface area (Å²) in [5.41, 5.74) is 3.79. The summed E-state index contributed by atoms with van der Waals surface area (Å²) in [5, 5.41) is 9.74. The Kier molecular flexibility index (Phi) is 3.77. The number of hydrogen-bond donors (Lipinski definition) is 2. The molecular weight excluding hydrogens is 338 g/mol. The van der Waals surface area contributed by atoms with Gasteiger partial charge in [-0.05, 0) is 42.3 Å². The Morgan fingerprint density at radius 2 is 1.84 bits per heavy atom. The van der Waals surface area contributed by atoms with Gasteiger partial charge in [-0.3, -0.25) is 4.98 Å². The van der Waals surface area contributed by atoms with Crippen LogP contribution in [0.3, 0.4) is 0 Å². The fourth-order valence-electron chi connectivity index (χ4n) is 2.93. The molecule has 0 aliphatic carbocycles. The molecule has 1 aromatic heterocycles. The van der Waals surface area contributed by atoms with Gasteiger partial charge in [-0.25, -0.2) is 4.79 Å². The molecule has 0 saturated heterocycles. The van der Waals surface area contributed by atoms with E-state index in [0.717, 1.165) is 33.5 Å². The van der Waals surface area contributed by atoms with E-state index in [9.17, 15) is 4.79 Å². The summed E-state index contributed by atoms with van der Waals surface area (Å²) < 4.78 is 10.8. The monoisotopic (exact) mass is 353 g/mol. The molecule has 25 heavy (non-hydrogen) atoms. The Hall–Kier alpha value is -2.73. The van der Waals surface area contributed by atoms with Crippen molar-refractivity contribution >= 4 is 29.5 Å². The minimum absolute atomic E-state index is 0.225. The van der Waals surface area contributed by atoms with Crippen LogP contribution in [0.4, 0.5) is 0 Å². The molecule has 1 atom stereocenters. The second kappa shape index (κ2) is 5.97. The molecule has 4 rings (SSSR count). The Balaban J connectivity index is 1.75. The fraction of sp³-hybridized carbons (Fsp3) is 0.158. The number of carboxylic acids is 1. The second-order valence-electron chi connectivity index (χ2n) is 5.92. The average molecular weight is 353 g/mol. The number of hydrogen-bond acceptors (Lipinski definition) is 5. The standard InChI is InChI=1S/C19H15NO4S/c1-10-6-13-7-15-16(24-9-23-15)8-14(13)20-17(10)18(25)11-2-4-12(5-3-11)19(21)22/h2-8,18,25H,9H2,1H3,(H,21,22). The molecule has 2 heterocycles. The summed E-state index contributed by atoms with van der Waals surface area (Å²) in [7, 11) is 0. The number of aryl methyl sites for hydroxylation is 1. The fourth-order valence-corrected chi connectivity index (χ4v) is 3.36. The van der Waals surface area contributed by atoms with E-state index in [4.69, 9.17) is 32.2 Å². The van der Waals surface area contributed by atoms with Gasteiger partial charge in [0.25, 0.3) is 0 Å². The highest BCUT2D eigenvalue weighted by atomic mass is 32.1. The first-order valence-corrected chi connectivity index (χ1v) is 8.27. The normalized spacial score (nSPS) is 13.8. The van der Waals surface area contributed by atoms with E-state index in [0.29, 0.717) is 5.75 Å². The number of benzene rings is 2. The van der Waals surface area contributed by atoms with Gasteiger partial charge in [0, 0.05) is 11.5 Å². The third kappa shape index (κ3) is 2.78. The SMILES string of the molecule is Cc1cc2cc3c(cc2nc1C(S)c1ccc(C(=O)O)cc1)OCO3. The van der Waals surface area contributed by atoms with Crippen LogP contribution in [0.1, 0.15) is 32.4 Å². The molecule has 0 radical (unpaired) electrons. The number of carboxylic acid groups (broad SMARTS) is 1. The lowest BCUT2D eigenvalue weighted by Gasteiger charge is -2.15. The van der Waals surface area contributed by atoms with Crippen LogP contribution in [-0.4, -0.2) is 22.9 Å². The largest absolute Gasteiger partial charge is 0.478 e. The van der Waals surface area contributed by atoms with Crippen LogP contribution < -0.4 is 9.47 Å². The zero-order valence-corrected chi connectivity index (χ0v) is 14.3. The lowest BCUT2D eigenvalue weighted by atomic mass is 10.0. The van der Waals surface area contributed by atoms with Gasteiger partial charge in [-0.1, -0.05) is 12.1 Å².